The van der Waals surface area contributed by atoms with Gasteiger partial charge in [-0.15, -0.1) is 0 Å². The first kappa shape index (κ1) is 15.3. The zero-order chi connectivity index (χ0) is 16.4. The molecule has 0 aliphatic rings. The van der Waals surface area contributed by atoms with Gasteiger partial charge in [-0.1, -0.05) is 41.2 Å². The molecule has 3 rings (SSSR count). The molecule has 1 aromatic carbocycles. The Balaban J connectivity index is 1.87. The Morgan fingerprint density at radius 1 is 1.22 bits per heavy atom. The topological polar surface area (TPSA) is 54.9 Å². The van der Waals surface area contributed by atoms with Crippen molar-refractivity contribution in [2.24, 2.45) is 0 Å². The predicted molar refractivity (Wildman–Crippen MR) is 89.2 cm³/mol. The van der Waals surface area contributed by atoms with E-state index in [1.165, 1.54) is 29.7 Å². The van der Waals surface area contributed by atoms with Gasteiger partial charge in [0.25, 0.3) is 5.91 Å². The molecule has 6 heteroatoms. The zero-order valence-electron chi connectivity index (χ0n) is 12.6. The lowest BCUT2D eigenvalue weighted by Gasteiger charge is -2.01. The number of carbonyl (C=O) groups excluding carboxylic acids is 1. The van der Waals surface area contributed by atoms with Gasteiger partial charge in [-0.3, -0.25) is 10.1 Å². The summed E-state index contributed by atoms with van der Waals surface area (Å²) in [5, 5.41) is 3.07. The molecule has 0 saturated heterocycles. The number of pyridine rings is 1. The Kier molecular flexibility index (Phi) is 4.16. The number of amides is 1. The van der Waals surface area contributed by atoms with Crippen molar-refractivity contribution in [3.63, 3.8) is 0 Å². The molecule has 0 unspecified atom stereocenters. The summed E-state index contributed by atoms with van der Waals surface area (Å²) in [6.07, 6.45) is 1.30. The van der Waals surface area contributed by atoms with Crippen LogP contribution in [0.5, 0.6) is 0 Å². The van der Waals surface area contributed by atoms with Gasteiger partial charge in [0.15, 0.2) is 5.13 Å². The summed E-state index contributed by atoms with van der Waals surface area (Å²) in [5.74, 6) is -1.35. The molecule has 0 fully saturated rings. The molecule has 0 spiro atoms. The third-order valence-corrected chi connectivity index (χ3v) is 4.42. The second kappa shape index (κ2) is 6.26. The zero-order valence-corrected chi connectivity index (χ0v) is 13.4. The van der Waals surface area contributed by atoms with Crippen LogP contribution >= 0.6 is 11.3 Å². The number of nitrogens with one attached hydrogen (secondary N) is 1. The number of aromatic nitrogens is 2. The van der Waals surface area contributed by atoms with E-state index in [4.69, 9.17) is 0 Å². The van der Waals surface area contributed by atoms with Crippen molar-refractivity contribution in [3.05, 3.63) is 65.4 Å². The molecular formula is C17H14FN3OS. The van der Waals surface area contributed by atoms with Crippen molar-refractivity contribution in [3.8, 4) is 10.4 Å². The molecule has 23 heavy (non-hydrogen) atoms. The number of rotatable bonds is 3. The highest BCUT2D eigenvalue weighted by Crippen LogP contribution is 2.33. The van der Waals surface area contributed by atoms with Gasteiger partial charge >= 0.3 is 0 Å². The highest BCUT2D eigenvalue weighted by atomic mass is 32.1. The fourth-order valence-electron chi connectivity index (χ4n) is 2.22. The summed E-state index contributed by atoms with van der Waals surface area (Å²) in [7, 11) is 0. The summed E-state index contributed by atoms with van der Waals surface area (Å²) in [5.41, 5.74) is 2.92. The van der Waals surface area contributed by atoms with E-state index in [1.807, 2.05) is 32.0 Å². The number of hydrogen-bond donors (Lipinski definition) is 1. The van der Waals surface area contributed by atoms with Gasteiger partial charge < -0.3 is 0 Å². The number of anilines is 1. The highest BCUT2D eigenvalue weighted by Gasteiger charge is 2.16. The average molecular weight is 327 g/mol. The first-order chi connectivity index (χ1) is 11.0. The molecule has 3 aromatic rings. The molecule has 0 aliphatic carbocycles. The first-order valence-corrected chi connectivity index (χ1v) is 7.82. The summed E-state index contributed by atoms with van der Waals surface area (Å²) >= 11 is 1.36. The standard InChI is InChI=1S/C17H14FN3OS/c1-10-5-3-6-12(9-10)14-11(2)20-17(23-14)21-16(22)13-7-4-8-19-15(13)18/h3-9H,1-2H3,(H,20,21,22). The van der Waals surface area contributed by atoms with E-state index in [9.17, 15) is 9.18 Å². The monoisotopic (exact) mass is 327 g/mol. The van der Waals surface area contributed by atoms with Crippen LogP contribution in [0.4, 0.5) is 9.52 Å². The Hall–Kier alpha value is -2.60. The molecule has 2 aromatic heterocycles. The van der Waals surface area contributed by atoms with Gasteiger partial charge in [0.2, 0.25) is 5.95 Å². The maximum absolute atomic E-state index is 13.5. The van der Waals surface area contributed by atoms with Crippen LogP contribution in [0.15, 0.2) is 42.6 Å². The van der Waals surface area contributed by atoms with Crippen LogP contribution in [0, 0.1) is 19.8 Å². The third-order valence-electron chi connectivity index (χ3n) is 3.30. The largest absolute Gasteiger partial charge is 0.298 e. The summed E-state index contributed by atoms with van der Waals surface area (Å²) in [4.78, 5) is 20.9. The number of thiazole rings is 1. The predicted octanol–water partition coefficient (Wildman–Crippen LogP) is 4.21. The maximum Gasteiger partial charge on any atom is 0.262 e. The second-order valence-electron chi connectivity index (χ2n) is 5.10. The average Bonchev–Trinajstić information content (AvgIpc) is 2.88. The summed E-state index contributed by atoms with van der Waals surface area (Å²) < 4.78 is 13.5. The Morgan fingerprint density at radius 3 is 2.78 bits per heavy atom. The number of carbonyl (C=O) groups is 1. The van der Waals surface area contributed by atoms with Gasteiger partial charge in [0, 0.05) is 6.20 Å². The quantitative estimate of drug-likeness (QED) is 0.733. The van der Waals surface area contributed by atoms with Crippen molar-refractivity contribution in [1.82, 2.24) is 9.97 Å². The van der Waals surface area contributed by atoms with Crippen molar-refractivity contribution in [2.75, 3.05) is 5.32 Å². The lowest BCUT2D eigenvalue weighted by atomic mass is 10.1. The minimum absolute atomic E-state index is 0.0996. The van der Waals surface area contributed by atoms with Gasteiger partial charge in [-0.25, -0.2) is 9.97 Å². The lowest BCUT2D eigenvalue weighted by molar-refractivity contribution is 0.102. The number of nitrogens with zero attached hydrogens (tertiary/aromatic N) is 2. The van der Waals surface area contributed by atoms with E-state index in [-0.39, 0.29) is 5.56 Å². The van der Waals surface area contributed by atoms with Crippen LogP contribution in [0.1, 0.15) is 21.6 Å². The van der Waals surface area contributed by atoms with E-state index in [1.54, 1.807) is 0 Å². The first-order valence-electron chi connectivity index (χ1n) is 7.01. The van der Waals surface area contributed by atoms with E-state index >= 15 is 0 Å². The van der Waals surface area contributed by atoms with Crippen LogP contribution in [0.2, 0.25) is 0 Å². The van der Waals surface area contributed by atoms with Gasteiger partial charge in [-0.05, 0) is 31.5 Å². The van der Waals surface area contributed by atoms with Crippen LogP contribution in [0.25, 0.3) is 10.4 Å². The van der Waals surface area contributed by atoms with E-state index in [0.29, 0.717) is 5.13 Å². The normalized spacial score (nSPS) is 10.6. The minimum Gasteiger partial charge on any atom is -0.298 e. The van der Waals surface area contributed by atoms with Crippen LogP contribution in [-0.4, -0.2) is 15.9 Å². The fraction of sp³-hybridized carbons (Fsp3) is 0.118. The van der Waals surface area contributed by atoms with E-state index in [0.717, 1.165) is 21.7 Å². The molecular weight excluding hydrogens is 313 g/mol. The minimum atomic E-state index is -0.794. The fourth-order valence-corrected chi connectivity index (χ4v) is 3.18. The van der Waals surface area contributed by atoms with Gasteiger partial charge in [0.05, 0.1) is 16.1 Å². The molecule has 2 heterocycles. The Morgan fingerprint density at radius 2 is 2.04 bits per heavy atom. The molecule has 0 radical (unpaired) electrons. The molecule has 116 valence electrons. The summed E-state index contributed by atoms with van der Waals surface area (Å²) in [6.45, 7) is 3.90. The molecule has 0 bridgehead atoms. The maximum atomic E-state index is 13.5. The summed E-state index contributed by atoms with van der Waals surface area (Å²) in [6, 6.07) is 11.0. The molecule has 4 nitrogen and oxygen atoms in total. The van der Waals surface area contributed by atoms with Crippen molar-refractivity contribution >= 4 is 22.4 Å². The van der Waals surface area contributed by atoms with E-state index < -0.39 is 11.9 Å². The number of halogens is 1. The second-order valence-corrected chi connectivity index (χ2v) is 6.10. The van der Waals surface area contributed by atoms with Crippen molar-refractivity contribution in [2.45, 2.75) is 13.8 Å². The number of hydrogen-bond acceptors (Lipinski definition) is 4. The molecule has 1 N–H and O–H groups in total. The van der Waals surface area contributed by atoms with Gasteiger partial charge in [-0.2, -0.15) is 4.39 Å². The third kappa shape index (κ3) is 3.27. The molecule has 1 amide bonds. The SMILES string of the molecule is Cc1cccc(-c2sc(NC(=O)c3cccnc3F)nc2C)c1. The molecule has 0 saturated carbocycles. The Labute approximate surface area is 137 Å². The number of aryl methyl sites for hydroxylation is 2. The van der Waals surface area contributed by atoms with Crippen molar-refractivity contribution in [1.29, 1.82) is 0 Å². The Bertz CT molecular complexity index is 876. The lowest BCUT2D eigenvalue weighted by Crippen LogP contribution is -2.14. The van der Waals surface area contributed by atoms with Crippen molar-refractivity contribution < 1.29 is 9.18 Å². The number of benzene rings is 1. The van der Waals surface area contributed by atoms with Crippen LogP contribution < -0.4 is 5.32 Å². The smallest absolute Gasteiger partial charge is 0.262 e. The molecule has 0 aliphatic heterocycles. The molecule has 0 atom stereocenters. The van der Waals surface area contributed by atoms with Crippen LogP contribution in [-0.2, 0) is 0 Å². The van der Waals surface area contributed by atoms with E-state index in [2.05, 4.69) is 21.4 Å². The van der Waals surface area contributed by atoms with Gasteiger partial charge in [0.1, 0.15) is 0 Å². The van der Waals surface area contributed by atoms with Crippen LogP contribution in [0.3, 0.4) is 0 Å². The highest BCUT2D eigenvalue weighted by molar-refractivity contribution is 7.19.